The molecule has 1 aromatic heterocycles. The summed E-state index contributed by atoms with van der Waals surface area (Å²) in [5, 5.41) is 32.7. The predicted molar refractivity (Wildman–Crippen MR) is 71.8 cm³/mol. The molecule has 11 heteroatoms. The third-order valence-electron chi connectivity index (χ3n) is 3.08. The Hall–Kier alpha value is -2.50. The van der Waals surface area contributed by atoms with Gasteiger partial charge in [0.15, 0.2) is 11.5 Å². The van der Waals surface area contributed by atoms with Gasteiger partial charge in [0.2, 0.25) is 0 Å². The molecule has 0 fully saturated rings. The van der Waals surface area contributed by atoms with E-state index in [1.807, 2.05) is 0 Å². The highest BCUT2D eigenvalue weighted by Crippen LogP contribution is 2.24. The van der Waals surface area contributed by atoms with Crippen molar-refractivity contribution in [3.8, 4) is 0 Å². The number of ether oxygens (including phenoxy) is 1. The highest BCUT2D eigenvalue weighted by molar-refractivity contribution is 5.92. The second-order valence-corrected chi connectivity index (χ2v) is 4.58. The van der Waals surface area contributed by atoms with Gasteiger partial charge in [-0.1, -0.05) is 0 Å². The number of imidazole rings is 1. The molecule has 122 valence electrons. The normalized spacial score (nSPS) is 18.3. The van der Waals surface area contributed by atoms with Crippen LogP contribution in [0, 0.1) is 0 Å². The number of hydrogen-bond donors (Lipinski definition) is 5. The molecular weight excluding hydrogens is 296 g/mol. The van der Waals surface area contributed by atoms with Crippen molar-refractivity contribution in [2.24, 2.45) is 0 Å². The summed E-state index contributed by atoms with van der Waals surface area (Å²) >= 11 is 0. The quantitative estimate of drug-likeness (QED) is 0.282. The summed E-state index contributed by atoms with van der Waals surface area (Å²) in [5.41, 5.74) is 3.32. The summed E-state index contributed by atoms with van der Waals surface area (Å²) in [6.07, 6.45) is 0.258. The number of esters is 1. The topological polar surface area (TPSA) is 135 Å². The summed E-state index contributed by atoms with van der Waals surface area (Å²) in [6, 6.07) is 0. The standard InChI is InChI=1S/C11H18N6O5/c1-4-22-11(18)7-9(16(19)5-12-7)13-10-8(17(20)21)6(2)14-15(10)3/h5,10,13-14,19-21H,4H2,1-3H3. The molecule has 2 heterocycles. The number of nitrogens with one attached hydrogen (secondary N) is 2. The first-order valence-corrected chi connectivity index (χ1v) is 6.45. The van der Waals surface area contributed by atoms with Gasteiger partial charge in [-0.3, -0.25) is 10.4 Å². The number of hydrazine groups is 1. The minimum Gasteiger partial charge on any atom is -0.461 e. The Kier molecular flexibility index (Phi) is 4.40. The molecule has 11 nitrogen and oxygen atoms in total. The molecule has 1 aliphatic rings. The van der Waals surface area contributed by atoms with Crippen molar-refractivity contribution in [3.63, 3.8) is 0 Å². The van der Waals surface area contributed by atoms with Gasteiger partial charge in [-0.15, -0.1) is 5.23 Å². The van der Waals surface area contributed by atoms with Crippen LogP contribution in [0.3, 0.4) is 0 Å². The third-order valence-corrected chi connectivity index (χ3v) is 3.08. The van der Waals surface area contributed by atoms with E-state index >= 15 is 0 Å². The Morgan fingerprint density at radius 3 is 2.86 bits per heavy atom. The molecule has 1 atom stereocenters. The molecule has 0 bridgehead atoms. The maximum absolute atomic E-state index is 11.8. The molecule has 0 amide bonds. The highest BCUT2D eigenvalue weighted by Gasteiger charge is 2.34. The molecule has 5 N–H and O–H groups in total. The Morgan fingerprint density at radius 1 is 1.59 bits per heavy atom. The summed E-state index contributed by atoms with van der Waals surface area (Å²) < 4.78 is 5.47. The molecule has 1 aromatic rings. The van der Waals surface area contributed by atoms with Crippen LogP contribution in [0.1, 0.15) is 24.3 Å². The number of carbonyl (C=O) groups excluding carboxylic acids is 1. The van der Waals surface area contributed by atoms with Crippen molar-refractivity contribution >= 4 is 11.8 Å². The van der Waals surface area contributed by atoms with E-state index in [1.165, 1.54) is 5.01 Å². The van der Waals surface area contributed by atoms with Crippen LogP contribution in [0.2, 0.25) is 0 Å². The van der Waals surface area contributed by atoms with Crippen LogP contribution in [-0.2, 0) is 4.74 Å². The van der Waals surface area contributed by atoms with Crippen LogP contribution in [0.25, 0.3) is 0 Å². The third kappa shape index (κ3) is 2.77. The molecule has 0 radical (unpaired) electrons. The fraction of sp³-hybridized carbons (Fsp3) is 0.455. The van der Waals surface area contributed by atoms with E-state index in [0.717, 1.165) is 6.33 Å². The van der Waals surface area contributed by atoms with E-state index in [4.69, 9.17) is 4.74 Å². The van der Waals surface area contributed by atoms with Crippen LogP contribution >= 0.6 is 0 Å². The number of rotatable bonds is 5. The van der Waals surface area contributed by atoms with E-state index in [2.05, 4.69) is 15.7 Å². The first kappa shape index (κ1) is 15.9. The largest absolute Gasteiger partial charge is 0.461 e. The van der Waals surface area contributed by atoms with Gasteiger partial charge >= 0.3 is 5.97 Å². The van der Waals surface area contributed by atoms with Crippen molar-refractivity contribution in [2.75, 3.05) is 19.0 Å². The van der Waals surface area contributed by atoms with Gasteiger partial charge in [0.05, 0.1) is 12.3 Å². The van der Waals surface area contributed by atoms with Gasteiger partial charge in [0.25, 0.3) is 0 Å². The van der Waals surface area contributed by atoms with Crippen molar-refractivity contribution < 1.29 is 25.2 Å². The Morgan fingerprint density at radius 2 is 2.27 bits per heavy atom. The average Bonchev–Trinajstić information content (AvgIpc) is 2.92. The van der Waals surface area contributed by atoms with Crippen molar-refractivity contribution in [2.45, 2.75) is 20.0 Å². The summed E-state index contributed by atoms with van der Waals surface area (Å²) in [4.78, 5) is 15.6. The molecule has 0 saturated carbocycles. The van der Waals surface area contributed by atoms with Crippen molar-refractivity contribution in [3.05, 3.63) is 23.4 Å². The SMILES string of the molecule is CCOC(=O)c1ncn(O)c1NC1C(N(O)O)=C(C)NN1C. The zero-order valence-corrected chi connectivity index (χ0v) is 12.3. The molecule has 22 heavy (non-hydrogen) atoms. The smallest absolute Gasteiger partial charge is 0.360 e. The molecule has 2 rings (SSSR count). The molecular formula is C11H18N6O5. The molecule has 1 unspecified atom stereocenters. The molecule has 0 saturated heterocycles. The van der Waals surface area contributed by atoms with Crippen molar-refractivity contribution in [1.82, 2.24) is 25.4 Å². The lowest BCUT2D eigenvalue weighted by molar-refractivity contribution is -0.282. The number of anilines is 1. The summed E-state index contributed by atoms with van der Waals surface area (Å²) in [5.74, 6) is -0.746. The van der Waals surface area contributed by atoms with Gasteiger partial charge in [0.1, 0.15) is 18.2 Å². The lowest BCUT2D eigenvalue weighted by atomic mass is 10.3. The second kappa shape index (κ2) is 6.09. The number of carbonyl (C=O) groups is 1. The molecule has 0 aliphatic carbocycles. The lowest BCUT2D eigenvalue weighted by Crippen LogP contribution is -2.43. The minimum absolute atomic E-state index is 0.0360. The van der Waals surface area contributed by atoms with Gasteiger partial charge in [-0.2, -0.15) is 9.74 Å². The fourth-order valence-electron chi connectivity index (χ4n) is 2.15. The van der Waals surface area contributed by atoms with Gasteiger partial charge in [-0.05, 0) is 13.8 Å². The Balaban J connectivity index is 2.31. The first-order valence-electron chi connectivity index (χ1n) is 6.45. The second-order valence-electron chi connectivity index (χ2n) is 4.58. The lowest BCUT2D eigenvalue weighted by Gasteiger charge is -2.25. The van der Waals surface area contributed by atoms with E-state index in [1.54, 1.807) is 20.9 Å². The van der Waals surface area contributed by atoms with E-state index in [0.29, 0.717) is 10.4 Å². The Bertz CT molecular complexity index is 598. The molecule has 1 aliphatic heterocycles. The average molecular weight is 314 g/mol. The molecule has 0 aromatic carbocycles. The zero-order valence-electron chi connectivity index (χ0n) is 12.3. The van der Waals surface area contributed by atoms with Crippen LogP contribution in [0.15, 0.2) is 17.7 Å². The number of likely N-dealkylation sites (N-methyl/N-ethyl adjacent to an activating group) is 1. The van der Waals surface area contributed by atoms with Gasteiger partial charge in [-0.25, -0.2) is 9.78 Å². The number of allylic oxidation sites excluding steroid dienone is 1. The van der Waals surface area contributed by atoms with Gasteiger partial charge in [0, 0.05) is 7.05 Å². The van der Waals surface area contributed by atoms with Crippen molar-refractivity contribution in [1.29, 1.82) is 0 Å². The van der Waals surface area contributed by atoms with Crippen LogP contribution in [0.5, 0.6) is 0 Å². The highest BCUT2D eigenvalue weighted by atomic mass is 16.8. The van der Waals surface area contributed by atoms with E-state index in [9.17, 15) is 20.4 Å². The number of hydroxylamine groups is 2. The van der Waals surface area contributed by atoms with Crippen LogP contribution in [-0.4, -0.2) is 61.4 Å². The number of aromatic nitrogens is 2. The summed E-state index contributed by atoms with van der Waals surface area (Å²) in [7, 11) is 1.64. The fourth-order valence-corrected chi connectivity index (χ4v) is 2.15. The maximum Gasteiger partial charge on any atom is 0.360 e. The zero-order chi connectivity index (χ0) is 16.4. The first-order chi connectivity index (χ1) is 10.4. The predicted octanol–water partition coefficient (Wildman–Crippen LogP) is -0.203. The van der Waals surface area contributed by atoms with E-state index < -0.39 is 12.1 Å². The maximum atomic E-state index is 11.8. The van der Waals surface area contributed by atoms with Crippen LogP contribution < -0.4 is 10.7 Å². The van der Waals surface area contributed by atoms with Crippen LogP contribution in [0.4, 0.5) is 5.82 Å². The Labute approximate surface area is 125 Å². The number of nitrogens with zero attached hydrogens (tertiary/aromatic N) is 4. The summed E-state index contributed by atoms with van der Waals surface area (Å²) in [6.45, 7) is 3.44. The minimum atomic E-state index is -0.772. The molecule has 0 spiro atoms. The van der Waals surface area contributed by atoms with E-state index in [-0.39, 0.29) is 29.0 Å². The van der Waals surface area contributed by atoms with Gasteiger partial charge < -0.3 is 20.7 Å². The monoisotopic (exact) mass is 314 g/mol. The number of hydrogen-bond acceptors (Lipinski definition) is 10.